The molecule has 34 heavy (non-hydrogen) atoms. The number of rotatable bonds is 8. The Kier molecular flexibility index (Phi) is 6.85. The fraction of sp³-hybridized carbons (Fsp3) is 0.400. The molecule has 180 valence electrons. The Balaban J connectivity index is 1.40. The van der Waals surface area contributed by atoms with Crippen molar-refractivity contribution in [3.8, 4) is 11.1 Å². The molecule has 1 heterocycles. The van der Waals surface area contributed by atoms with Gasteiger partial charge in [-0.3, -0.25) is 4.79 Å². The molecule has 9 heteroatoms. The first-order valence-electron chi connectivity index (χ1n) is 11.2. The number of alkyl carbamates (subject to hydrolysis) is 1. The number of carbonyl (C=O) groups excluding carboxylic acids is 2. The average molecular weight is 469 g/mol. The van der Waals surface area contributed by atoms with Crippen molar-refractivity contribution >= 4 is 18.0 Å². The third kappa shape index (κ3) is 4.49. The van der Waals surface area contributed by atoms with E-state index in [4.69, 9.17) is 14.6 Å². The molecule has 1 aliphatic carbocycles. The molecule has 1 fully saturated rings. The number of aliphatic hydroxyl groups excluding tert-OH is 1. The molecule has 2 aliphatic rings. The van der Waals surface area contributed by atoms with Crippen LogP contribution < -0.4 is 10.6 Å². The number of ether oxygens (including phenoxy) is 2. The SMILES string of the molecule is CC1(C(=O)N[C@@H](CCO)C(=O)O)COCC1NC(=O)OCC1c2ccccc2-c2ccccc21. The maximum absolute atomic E-state index is 12.9. The van der Waals surface area contributed by atoms with Crippen LogP contribution >= 0.6 is 0 Å². The number of carbonyl (C=O) groups is 3. The minimum absolute atomic E-state index is 0.0125. The number of aliphatic hydroxyl groups is 1. The lowest BCUT2D eigenvalue weighted by Gasteiger charge is -2.30. The van der Waals surface area contributed by atoms with E-state index in [0.717, 1.165) is 22.3 Å². The first kappa shape index (κ1) is 23.7. The van der Waals surface area contributed by atoms with Gasteiger partial charge in [-0.15, -0.1) is 0 Å². The number of carboxylic acid groups (broad SMARTS) is 1. The second kappa shape index (κ2) is 9.82. The summed E-state index contributed by atoms with van der Waals surface area (Å²) in [6.07, 6.45) is -0.802. The minimum Gasteiger partial charge on any atom is -0.480 e. The molecule has 1 aliphatic heterocycles. The molecule has 9 nitrogen and oxygen atoms in total. The van der Waals surface area contributed by atoms with E-state index < -0.39 is 35.5 Å². The van der Waals surface area contributed by atoms with E-state index in [1.807, 2.05) is 36.4 Å². The van der Waals surface area contributed by atoms with Crippen LogP contribution in [-0.2, 0) is 19.1 Å². The molecule has 1 saturated heterocycles. The summed E-state index contributed by atoms with van der Waals surface area (Å²) in [7, 11) is 0. The third-order valence-electron chi connectivity index (χ3n) is 6.63. The number of amides is 2. The summed E-state index contributed by atoms with van der Waals surface area (Å²) in [5.41, 5.74) is 3.24. The highest BCUT2D eigenvalue weighted by Crippen LogP contribution is 2.44. The molecule has 0 radical (unpaired) electrons. The number of aliphatic carboxylic acids is 1. The maximum atomic E-state index is 12.9. The predicted octanol–water partition coefficient (Wildman–Crippen LogP) is 1.88. The highest BCUT2D eigenvalue weighted by atomic mass is 16.5. The Morgan fingerprint density at radius 2 is 1.74 bits per heavy atom. The lowest BCUT2D eigenvalue weighted by Crippen LogP contribution is -2.56. The Hall–Kier alpha value is -3.43. The molecular formula is C25H28N2O7. The van der Waals surface area contributed by atoms with Gasteiger partial charge in [0.25, 0.3) is 0 Å². The van der Waals surface area contributed by atoms with Crippen molar-refractivity contribution in [2.24, 2.45) is 5.41 Å². The first-order chi connectivity index (χ1) is 16.3. The largest absolute Gasteiger partial charge is 0.480 e. The summed E-state index contributed by atoms with van der Waals surface area (Å²) in [6.45, 7) is 1.45. The fourth-order valence-corrected chi connectivity index (χ4v) is 4.59. The number of fused-ring (bicyclic) bond motifs is 3. The van der Waals surface area contributed by atoms with E-state index in [2.05, 4.69) is 22.8 Å². The van der Waals surface area contributed by atoms with Crippen LogP contribution in [0, 0.1) is 5.41 Å². The number of benzene rings is 2. The lowest BCUT2D eigenvalue weighted by atomic mass is 9.84. The smallest absolute Gasteiger partial charge is 0.407 e. The zero-order valence-corrected chi connectivity index (χ0v) is 18.8. The molecule has 4 N–H and O–H groups in total. The fourth-order valence-electron chi connectivity index (χ4n) is 4.59. The molecule has 0 spiro atoms. The van der Waals surface area contributed by atoms with E-state index in [0.29, 0.717) is 0 Å². The van der Waals surface area contributed by atoms with Crippen molar-refractivity contribution in [3.05, 3.63) is 59.7 Å². The zero-order chi connectivity index (χ0) is 24.3. The minimum atomic E-state index is -1.24. The second-order valence-electron chi connectivity index (χ2n) is 8.83. The average Bonchev–Trinajstić information content (AvgIpc) is 3.36. The topological polar surface area (TPSA) is 134 Å². The standard InChI is InChI=1S/C25H28N2O7/c1-25(23(31)26-20(10-11-28)22(29)30)14-33-13-21(25)27-24(32)34-12-19-17-8-4-2-6-15(17)16-7-3-5-9-18(16)19/h2-9,19-21,28H,10-14H2,1H3,(H,26,31)(H,27,32)(H,29,30)/t20-,21?,25?/m0/s1. The molecule has 2 unspecified atom stereocenters. The van der Waals surface area contributed by atoms with Gasteiger partial charge in [0.2, 0.25) is 5.91 Å². The van der Waals surface area contributed by atoms with Crippen LogP contribution in [0.3, 0.4) is 0 Å². The van der Waals surface area contributed by atoms with E-state index in [1.54, 1.807) is 6.92 Å². The Morgan fingerprint density at radius 3 is 2.32 bits per heavy atom. The van der Waals surface area contributed by atoms with Gasteiger partial charge < -0.3 is 30.3 Å². The van der Waals surface area contributed by atoms with Gasteiger partial charge in [-0.05, 0) is 29.2 Å². The zero-order valence-electron chi connectivity index (χ0n) is 18.8. The highest BCUT2D eigenvalue weighted by Gasteiger charge is 2.48. The maximum Gasteiger partial charge on any atom is 0.407 e. The van der Waals surface area contributed by atoms with Crippen molar-refractivity contribution in [1.82, 2.24) is 10.6 Å². The Labute approximate surface area is 197 Å². The predicted molar refractivity (Wildman–Crippen MR) is 122 cm³/mol. The molecule has 0 saturated carbocycles. The van der Waals surface area contributed by atoms with Gasteiger partial charge in [0.05, 0.1) is 24.7 Å². The number of hydrogen-bond acceptors (Lipinski definition) is 6. The summed E-state index contributed by atoms with van der Waals surface area (Å²) in [5, 5.41) is 23.5. The van der Waals surface area contributed by atoms with Gasteiger partial charge in [0.1, 0.15) is 12.6 Å². The summed E-state index contributed by atoms with van der Waals surface area (Å²) >= 11 is 0. The summed E-state index contributed by atoms with van der Waals surface area (Å²) in [4.78, 5) is 36.9. The van der Waals surface area contributed by atoms with Crippen LogP contribution in [0.5, 0.6) is 0 Å². The molecule has 4 rings (SSSR count). The van der Waals surface area contributed by atoms with Crippen molar-refractivity contribution < 1.29 is 34.1 Å². The molecule has 3 atom stereocenters. The number of carboxylic acids is 1. The van der Waals surface area contributed by atoms with Crippen LogP contribution in [-0.4, -0.2) is 66.7 Å². The molecular weight excluding hydrogens is 440 g/mol. The third-order valence-corrected chi connectivity index (χ3v) is 6.63. The number of hydrogen-bond donors (Lipinski definition) is 4. The van der Waals surface area contributed by atoms with Gasteiger partial charge in [-0.25, -0.2) is 9.59 Å². The van der Waals surface area contributed by atoms with Gasteiger partial charge >= 0.3 is 12.1 Å². The van der Waals surface area contributed by atoms with Crippen LogP contribution in [0.2, 0.25) is 0 Å². The quantitative estimate of drug-likeness (QED) is 0.465. The van der Waals surface area contributed by atoms with Crippen molar-refractivity contribution in [2.75, 3.05) is 26.4 Å². The number of nitrogens with one attached hydrogen (secondary N) is 2. The van der Waals surface area contributed by atoms with Gasteiger partial charge in [-0.2, -0.15) is 0 Å². The molecule has 2 aromatic carbocycles. The van der Waals surface area contributed by atoms with E-state index >= 15 is 0 Å². The Morgan fingerprint density at radius 1 is 1.12 bits per heavy atom. The monoisotopic (exact) mass is 468 g/mol. The van der Waals surface area contributed by atoms with Crippen molar-refractivity contribution in [3.63, 3.8) is 0 Å². The van der Waals surface area contributed by atoms with Crippen LogP contribution in [0.1, 0.15) is 30.4 Å². The molecule has 2 aromatic rings. The summed E-state index contributed by atoms with van der Waals surface area (Å²) in [5.74, 6) is -1.91. The van der Waals surface area contributed by atoms with Gasteiger partial charge in [0.15, 0.2) is 0 Å². The van der Waals surface area contributed by atoms with Crippen LogP contribution in [0.4, 0.5) is 4.79 Å². The van der Waals surface area contributed by atoms with Gasteiger partial charge in [-0.1, -0.05) is 48.5 Å². The molecule has 0 bridgehead atoms. The van der Waals surface area contributed by atoms with E-state index in [9.17, 15) is 19.5 Å². The van der Waals surface area contributed by atoms with E-state index in [1.165, 1.54) is 0 Å². The second-order valence-corrected chi connectivity index (χ2v) is 8.83. The van der Waals surface area contributed by atoms with Crippen LogP contribution in [0.25, 0.3) is 11.1 Å². The summed E-state index contributed by atoms with van der Waals surface area (Å²) < 4.78 is 11.0. The first-order valence-corrected chi connectivity index (χ1v) is 11.2. The summed E-state index contributed by atoms with van der Waals surface area (Å²) in [6, 6.07) is 14.1. The molecule has 2 amide bonds. The Bertz CT molecular complexity index is 1040. The van der Waals surface area contributed by atoms with Crippen molar-refractivity contribution in [1.29, 1.82) is 0 Å². The normalized spacial score (nSPS) is 21.9. The lowest BCUT2D eigenvalue weighted by molar-refractivity contribution is -0.144. The van der Waals surface area contributed by atoms with Crippen LogP contribution in [0.15, 0.2) is 48.5 Å². The highest BCUT2D eigenvalue weighted by molar-refractivity contribution is 5.88. The van der Waals surface area contributed by atoms with Crippen molar-refractivity contribution in [2.45, 2.75) is 31.3 Å². The van der Waals surface area contributed by atoms with E-state index in [-0.39, 0.29) is 38.8 Å². The molecule has 0 aromatic heterocycles. The van der Waals surface area contributed by atoms with Gasteiger partial charge in [0, 0.05) is 18.9 Å².